The predicted molar refractivity (Wildman–Crippen MR) is 105 cm³/mol. The van der Waals surface area contributed by atoms with Gasteiger partial charge in [-0.25, -0.2) is 4.79 Å². The van der Waals surface area contributed by atoms with Crippen molar-refractivity contribution in [2.24, 2.45) is 17.6 Å². The third-order valence-corrected chi connectivity index (χ3v) is 4.34. The van der Waals surface area contributed by atoms with Crippen LogP contribution in [0.3, 0.4) is 0 Å². The van der Waals surface area contributed by atoms with E-state index in [9.17, 15) is 24.0 Å². The van der Waals surface area contributed by atoms with Crippen LogP contribution in [-0.2, 0) is 24.0 Å². The van der Waals surface area contributed by atoms with Crippen LogP contribution in [0.25, 0.3) is 0 Å². The Balaban J connectivity index is 5.42. The normalized spacial score (nSPS) is 15.1. The van der Waals surface area contributed by atoms with Crippen LogP contribution < -0.4 is 21.7 Å². The van der Waals surface area contributed by atoms with Gasteiger partial charge in [0.25, 0.3) is 0 Å². The van der Waals surface area contributed by atoms with Crippen LogP contribution in [0.15, 0.2) is 0 Å². The third kappa shape index (κ3) is 9.18. The number of carbonyl (C=O) groups excluding carboxylic acids is 3. The molecule has 0 aromatic carbocycles. The molecule has 3 amide bonds. The molecule has 4 atom stereocenters. The topological polar surface area (TPSA) is 208 Å². The van der Waals surface area contributed by atoms with Crippen molar-refractivity contribution in [1.29, 1.82) is 0 Å². The smallest absolute Gasteiger partial charge is 0.328 e. The largest absolute Gasteiger partial charge is 0.481 e. The SMILES string of the molecule is CC(C)C(N)C(=O)NC(C(=O)NC(CCC(=O)O)C(=O)NC(CO)C(=O)O)C(C)C. The van der Waals surface area contributed by atoms with Gasteiger partial charge in [0.2, 0.25) is 17.7 Å². The van der Waals surface area contributed by atoms with E-state index >= 15 is 0 Å². The fourth-order valence-electron chi connectivity index (χ4n) is 2.34. The Hall–Kier alpha value is -2.73. The molecule has 4 unspecified atom stereocenters. The maximum atomic E-state index is 12.7. The lowest BCUT2D eigenvalue weighted by atomic mass is 9.99. The number of rotatable bonds is 13. The van der Waals surface area contributed by atoms with Gasteiger partial charge in [-0.2, -0.15) is 0 Å². The molecule has 0 saturated heterocycles. The molecule has 0 radical (unpaired) electrons. The van der Waals surface area contributed by atoms with E-state index in [4.69, 9.17) is 21.1 Å². The lowest BCUT2D eigenvalue weighted by Gasteiger charge is -2.27. The van der Waals surface area contributed by atoms with Crippen LogP contribution in [0.4, 0.5) is 0 Å². The Morgan fingerprint density at radius 1 is 0.800 bits per heavy atom. The summed E-state index contributed by atoms with van der Waals surface area (Å²) in [5.41, 5.74) is 5.79. The first kappa shape index (κ1) is 27.3. The molecule has 12 heteroatoms. The highest BCUT2D eigenvalue weighted by molar-refractivity contribution is 5.94. The zero-order chi connectivity index (χ0) is 23.6. The summed E-state index contributed by atoms with van der Waals surface area (Å²) in [6, 6.07) is -4.92. The van der Waals surface area contributed by atoms with Crippen LogP contribution >= 0.6 is 0 Å². The highest BCUT2D eigenvalue weighted by Crippen LogP contribution is 2.07. The zero-order valence-electron chi connectivity index (χ0n) is 17.5. The number of carbonyl (C=O) groups is 5. The fraction of sp³-hybridized carbons (Fsp3) is 0.722. The molecule has 0 bridgehead atoms. The van der Waals surface area contributed by atoms with Crippen molar-refractivity contribution < 1.29 is 39.3 Å². The molecule has 0 spiro atoms. The summed E-state index contributed by atoms with van der Waals surface area (Å²) < 4.78 is 0. The van der Waals surface area contributed by atoms with Gasteiger partial charge in [0.1, 0.15) is 18.1 Å². The number of carboxylic acid groups (broad SMARTS) is 2. The molecule has 0 aliphatic carbocycles. The molecule has 0 saturated carbocycles. The van der Waals surface area contributed by atoms with Crippen LogP contribution in [-0.4, -0.2) is 75.8 Å². The highest BCUT2D eigenvalue weighted by atomic mass is 16.4. The maximum Gasteiger partial charge on any atom is 0.328 e. The number of nitrogens with two attached hydrogens (primary N) is 1. The monoisotopic (exact) mass is 432 g/mol. The Kier molecular flexibility index (Phi) is 11.6. The Morgan fingerprint density at radius 2 is 1.33 bits per heavy atom. The van der Waals surface area contributed by atoms with E-state index in [0.29, 0.717) is 0 Å². The van der Waals surface area contributed by atoms with E-state index in [0.717, 1.165) is 0 Å². The number of aliphatic hydroxyl groups excluding tert-OH is 1. The third-order valence-electron chi connectivity index (χ3n) is 4.34. The summed E-state index contributed by atoms with van der Waals surface area (Å²) in [7, 11) is 0. The maximum absolute atomic E-state index is 12.7. The van der Waals surface area contributed by atoms with Gasteiger partial charge in [-0.15, -0.1) is 0 Å². The van der Waals surface area contributed by atoms with E-state index in [-0.39, 0.29) is 18.3 Å². The molecule has 30 heavy (non-hydrogen) atoms. The van der Waals surface area contributed by atoms with Gasteiger partial charge < -0.3 is 37.0 Å². The van der Waals surface area contributed by atoms with Gasteiger partial charge in [0.15, 0.2) is 0 Å². The first-order valence-corrected chi connectivity index (χ1v) is 9.53. The summed E-state index contributed by atoms with van der Waals surface area (Å²) in [5.74, 6) is -5.58. The van der Waals surface area contributed by atoms with Crippen molar-refractivity contribution >= 4 is 29.7 Å². The fourth-order valence-corrected chi connectivity index (χ4v) is 2.34. The molecule has 0 aliphatic heterocycles. The van der Waals surface area contributed by atoms with Gasteiger partial charge in [0, 0.05) is 6.42 Å². The summed E-state index contributed by atoms with van der Waals surface area (Å²) in [4.78, 5) is 59.2. The van der Waals surface area contributed by atoms with Crippen molar-refractivity contribution in [3.63, 3.8) is 0 Å². The molecule has 8 N–H and O–H groups in total. The summed E-state index contributed by atoms with van der Waals surface area (Å²) in [6.45, 7) is 5.90. The minimum atomic E-state index is -1.62. The van der Waals surface area contributed by atoms with E-state index < -0.39 is 66.9 Å². The summed E-state index contributed by atoms with van der Waals surface area (Å²) >= 11 is 0. The van der Waals surface area contributed by atoms with Gasteiger partial charge >= 0.3 is 11.9 Å². The van der Waals surface area contributed by atoms with E-state index in [1.54, 1.807) is 27.7 Å². The van der Waals surface area contributed by atoms with Gasteiger partial charge in [-0.1, -0.05) is 27.7 Å². The van der Waals surface area contributed by atoms with Crippen molar-refractivity contribution in [2.75, 3.05) is 6.61 Å². The molecule has 0 rings (SSSR count). The number of aliphatic hydroxyl groups is 1. The molecule has 12 nitrogen and oxygen atoms in total. The quantitative estimate of drug-likeness (QED) is 0.172. The molecule has 0 aromatic heterocycles. The highest BCUT2D eigenvalue weighted by Gasteiger charge is 2.32. The Labute approximate surface area is 174 Å². The second kappa shape index (κ2) is 12.8. The van der Waals surface area contributed by atoms with Gasteiger partial charge in [-0.3, -0.25) is 19.2 Å². The molecule has 0 fully saturated rings. The van der Waals surface area contributed by atoms with E-state index in [1.807, 2.05) is 5.32 Å². The van der Waals surface area contributed by atoms with Crippen molar-refractivity contribution in [3.8, 4) is 0 Å². The van der Waals surface area contributed by atoms with Crippen LogP contribution in [0.2, 0.25) is 0 Å². The Bertz CT molecular complexity index is 638. The van der Waals surface area contributed by atoms with E-state index in [1.165, 1.54) is 0 Å². The van der Waals surface area contributed by atoms with Crippen LogP contribution in [0.1, 0.15) is 40.5 Å². The van der Waals surface area contributed by atoms with Crippen molar-refractivity contribution in [1.82, 2.24) is 16.0 Å². The molecular formula is C18H32N4O8. The summed E-state index contributed by atoms with van der Waals surface area (Å²) in [6.07, 6.45) is -0.804. The minimum Gasteiger partial charge on any atom is -0.481 e. The summed E-state index contributed by atoms with van der Waals surface area (Å²) in [5, 5.41) is 33.8. The first-order chi connectivity index (χ1) is 13.8. The molecule has 0 aromatic rings. The Morgan fingerprint density at radius 3 is 1.73 bits per heavy atom. The molecule has 0 heterocycles. The zero-order valence-corrected chi connectivity index (χ0v) is 17.5. The second-order valence-electron chi connectivity index (χ2n) is 7.58. The lowest BCUT2D eigenvalue weighted by molar-refractivity contribution is -0.144. The van der Waals surface area contributed by atoms with Gasteiger partial charge in [0.05, 0.1) is 12.6 Å². The van der Waals surface area contributed by atoms with Crippen LogP contribution in [0.5, 0.6) is 0 Å². The standard InChI is InChI=1S/C18H32N4O8/c1-8(2)13(19)16(27)22-14(9(3)4)17(28)20-10(5-6-12(24)25)15(26)21-11(7-23)18(29)30/h8-11,13-14,23H,5-7,19H2,1-4H3,(H,20,28)(H,21,26)(H,22,27)(H,24,25)(H,29,30). The van der Waals surface area contributed by atoms with Crippen molar-refractivity contribution in [3.05, 3.63) is 0 Å². The number of amides is 3. The first-order valence-electron chi connectivity index (χ1n) is 9.53. The van der Waals surface area contributed by atoms with E-state index in [2.05, 4.69) is 10.6 Å². The number of hydrogen-bond acceptors (Lipinski definition) is 7. The van der Waals surface area contributed by atoms with Crippen molar-refractivity contribution in [2.45, 2.75) is 64.7 Å². The minimum absolute atomic E-state index is 0.179. The predicted octanol–water partition coefficient (Wildman–Crippen LogP) is -1.98. The number of hydrogen-bond donors (Lipinski definition) is 7. The average Bonchev–Trinajstić information content (AvgIpc) is 2.65. The molecular weight excluding hydrogens is 400 g/mol. The number of nitrogens with one attached hydrogen (secondary N) is 3. The number of aliphatic carboxylic acids is 2. The lowest BCUT2D eigenvalue weighted by Crippen LogP contribution is -2.59. The second-order valence-corrected chi connectivity index (χ2v) is 7.58. The van der Waals surface area contributed by atoms with Gasteiger partial charge in [-0.05, 0) is 18.3 Å². The molecule has 0 aliphatic rings. The average molecular weight is 432 g/mol. The molecule has 172 valence electrons. The van der Waals surface area contributed by atoms with Crippen LogP contribution in [0, 0.1) is 11.8 Å². The number of carboxylic acids is 2.